The number of aromatic amines is 1. The molecule has 102 valence electrons. The monoisotopic (exact) mass is 372 g/mol. The third-order valence-corrected chi connectivity index (χ3v) is 2.39. The van der Waals surface area contributed by atoms with E-state index in [-0.39, 0.29) is 24.0 Å². The molecule has 0 fully saturated rings. The fourth-order valence-corrected chi connectivity index (χ4v) is 1.46. The molecule has 2 rings (SSSR count). The molecule has 2 aromatic heterocycles. The number of aromatic nitrogens is 3. The number of hydrogen-bond acceptors (Lipinski definition) is 3. The van der Waals surface area contributed by atoms with E-state index in [2.05, 4.69) is 30.8 Å². The highest BCUT2D eigenvalue weighted by Crippen LogP contribution is 1.93. The Bertz CT molecular complexity index is 482. The largest absolute Gasteiger partial charge is 0.351 e. The Kier molecular flexibility index (Phi) is 6.86. The second-order valence-corrected chi connectivity index (χ2v) is 3.68. The summed E-state index contributed by atoms with van der Waals surface area (Å²) in [6.45, 7) is 1.30. The van der Waals surface area contributed by atoms with E-state index in [1.54, 1.807) is 19.4 Å². The van der Waals surface area contributed by atoms with Crippen molar-refractivity contribution in [3.8, 4) is 0 Å². The molecule has 0 saturated carbocycles. The normalized spacial score (nSPS) is 10.7. The number of rotatable bonds is 4. The summed E-state index contributed by atoms with van der Waals surface area (Å²) >= 11 is 0. The topological polar surface area (TPSA) is 78.0 Å². The SMILES string of the molecule is CN=C(NCc1ccccn1)NCc1ccn[nH]1.I. The van der Waals surface area contributed by atoms with E-state index < -0.39 is 0 Å². The molecule has 0 saturated heterocycles. The van der Waals surface area contributed by atoms with Gasteiger partial charge >= 0.3 is 0 Å². The average molecular weight is 372 g/mol. The number of guanidine groups is 1. The summed E-state index contributed by atoms with van der Waals surface area (Å²) in [7, 11) is 1.74. The maximum absolute atomic E-state index is 4.23. The lowest BCUT2D eigenvalue weighted by atomic mass is 10.3. The van der Waals surface area contributed by atoms with Crippen LogP contribution in [0.3, 0.4) is 0 Å². The number of halogens is 1. The van der Waals surface area contributed by atoms with Crippen molar-refractivity contribution < 1.29 is 0 Å². The van der Waals surface area contributed by atoms with E-state index in [0.717, 1.165) is 17.3 Å². The van der Waals surface area contributed by atoms with Crippen LogP contribution in [0.1, 0.15) is 11.4 Å². The van der Waals surface area contributed by atoms with E-state index in [1.165, 1.54) is 0 Å². The molecule has 0 unspecified atom stereocenters. The molecule has 0 amide bonds. The number of H-pyrrole nitrogens is 1. The molecule has 2 heterocycles. The van der Waals surface area contributed by atoms with Crippen LogP contribution in [0.2, 0.25) is 0 Å². The van der Waals surface area contributed by atoms with Crippen molar-refractivity contribution in [2.45, 2.75) is 13.1 Å². The summed E-state index contributed by atoms with van der Waals surface area (Å²) < 4.78 is 0. The number of pyridine rings is 1. The van der Waals surface area contributed by atoms with E-state index in [4.69, 9.17) is 0 Å². The van der Waals surface area contributed by atoms with Gasteiger partial charge in [0.15, 0.2) is 5.96 Å². The van der Waals surface area contributed by atoms with Crippen LogP contribution >= 0.6 is 24.0 Å². The van der Waals surface area contributed by atoms with Crippen LogP contribution in [-0.2, 0) is 13.1 Å². The van der Waals surface area contributed by atoms with Crippen molar-refractivity contribution in [2.75, 3.05) is 7.05 Å². The molecule has 0 aliphatic rings. The molecule has 0 radical (unpaired) electrons. The van der Waals surface area contributed by atoms with Crippen molar-refractivity contribution in [1.82, 2.24) is 25.8 Å². The van der Waals surface area contributed by atoms with Gasteiger partial charge in [0.25, 0.3) is 0 Å². The van der Waals surface area contributed by atoms with Gasteiger partial charge in [0.1, 0.15) is 0 Å². The Morgan fingerprint density at radius 1 is 1.21 bits per heavy atom. The molecule has 0 aliphatic carbocycles. The maximum atomic E-state index is 4.23. The number of aliphatic imine (C=N–C) groups is 1. The predicted molar refractivity (Wildman–Crippen MR) is 85.3 cm³/mol. The van der Waals surface area contributed by atoms with E-state index in [0.29, 0.717) is 13.1 Å². The average Bonchev–Trinajstić information content (AvgIpc) is 2.93. The summed E-state index contributed by atoms with van der Waals surface area (Å²) in [5.41, 5.74) is 1.98. The summed E-state index contributed by atoms with van der Waals surface area (Å²) in [5.74, 6) is 0.732. The number of nitrogens with one attached hydrogen (secondary N) is 3. The first-order valence-electron chi connectivity index (χ1n) is 5.71. The first kappa shape index (κ1) is 15.4. The quantitative estimate of drug-likeness (QED) is 0.430. The summed E-state index contributed by atoms with van der Waals surface area (Å²) in [6, 6.07) is 7.74. The molecule has 2 aromatic rings. The third-order valence-electron chi connectivity index (χ3n) is 2.39. The van der Waals surface area contributed by atoms with Crippen LogP contribution in [0.4, 0.5) is 0 Å². The van der Waals surface area contributed by atoms with Gasteiger partial charge in [-0.1, -0.05) is 6.07 Å². The number of hydrogen-bond donors (Lipinski definition) is 3. The van der Waals surface area contributed by atoms with Gasteiger partial charge in [-0.25, -0.2) is 0 Å². The molecule has 7 heteroatoms. The minimum Gasteiger partial charge on any atom is -0.351 e. The zero-order chi connectivity index (χ0) is 12.6. The minimum absolute atomic E-state index is 0. The van der Waals surface area contributed by atoms with Gasteiger partial charge in [-0.05, 0) is 18.2 Å². The van der Waals surface area contributed by atoms with Crippen molar-refractivity contribution in [2.24, 2.45) is 4.99 Å². The van der Waals surface area contributed by atoms with Gasteiger partial charge in [0, 0.05) is 19.4 Å². The van der Waals surface area contributed by atoms with Crippen molar-refractivity contribution >= 4 is 29.9 Å². The molecule has 0 spiro atoms. The van der Waals surface area contributed by atoms with Gasteiger partial charge in [-0.2, -0.15) is 5.10 Å². The summed E-state index contributed by atoms with van der Waals surface area (Å²) in [5, 5.41) is 13.1. The summed E-state index contributed by atoms with van der Waals surface area (Å²) in [4.78, 5) is 8.37. The van der Waals surface area contributed by atoms with E-state index in [1.807, 2.05) is 24.3 Å². The van der Waals surface area contributed by atoms with Crippen LogP contribution in [0, 0.1) is 0 Å². The van der Waals surface area contributed by atoms with E-state index >= 15 is 0 Å². The highest BCUT2D eigenvalue weighted by atomic mass is 127. The molecule has 19 heavy (non-hydrogen) atoms. The van der Waals surface area contributed by atoms with Crippen LogP contribution in [0.25, 0.3) is 0 Å². The molecule has 0 aromatic carbocycles. The fourth-order valence-electron chi connectivity index (χ4n) is 1.46. The molecule has 0 atom stereocenters. The summed E-state index contributed by atoms with van der Waals surface area (Å²) in [6.07, 6.45) is 3.50. The van der Waals surface area contributed by atoms with Crippen molar-refractivity contribution in [1.29, 1.82) is 0 Å². The standard InChI is InChI=1S/C12H16N6.HI/c1-13-12(16-9-11-5-7-17-18-11)15-8-10-4-2-3-6-14-10;/h2-7H,8-9H2,1H3,(H,17,18)(H2,13,15,16);1H. The molecular formula is C12H17IN6. The lowest BCUT2D eigenvalue weighted by Crippen LogP contribution is -2.36. The van der Waals surface area contributed by atoms with Crippen molar-refractivity contribution in [3.05, 3.63) is 48.0 Å². The fraction of sp³-hybridized carbons (Fsp3) is 0.250. The Morgan fingerprint density at radius 2 is 2.05 bits per heavy atom. The molecule has 6 nitrogen and oxygen atoms in total. The van der Waals surface area contributed by atoms with Crippen LogP contribution in [-0.4, -0.2) is 28.2 Å². The second-order valence-electron chi connectivity index (χ2n) is 3.68. The Balaban J connectivity index is 0.00000180. The van der Waals surface area contributed by atoms with Crippen LogP contribution in [0.15, 0.2) is 41.7 Å². The zero-order valence-electron chi connectivity index (χ0n) is 10.6. The maximum Gasteiger partial charge on any atom is 0.191 e. The van der Waals surface area contributed by atoms with E-state index in [9.17, 15) is 0 Å². The van der Waals surface area contributed by atoms with Crippen molar-refractivity contribution in [3.63, 3.8) is 0 Å². The Labute approximate surface area is 129 Å². The smallest absolute Gasteiger partial charge is 0.191 e. The first-order valence-corrected chi connectivity index (χ1v) is 5.71. The van der Waals surface area contributed by atoms with Gasteiger partial charge in [0.2, 0.25) is 0 Å². The first-order chi connectivity index (χ1) is 8.88. The Morgan fingerprint density at radius 3 is 2.68 bits per heavy atom. The highest BCUT2D eigenvalue weighted by molar-refractivity contribution is 14.0. The molecule has 0 aliphatic heterocycles. The number of nitrogens with zero attached hydrogens (tertiary/aromatic N) is 3. The lowest BCUT2D eigenvalue weighted by Gasteiger charge is -2.10. The van der Waals surface area contributed by atoms with Gasteiger partial charge in [-0.15, -0.1) is 24.0 Å². The van der Waals surface area contributed by atoms with Crippen LogP contribution in [0.5, 0.6) is 0 Å². The van der Waals surface area contributed by atoms with Gasteiger partial charge in [-0.3, -0.25) is 15.1 Å². The lowest BCUT2D eigenvalue weighted by molar-refractivity contribution is 0.779. The van der Waals surface area contributed by atoms with Crippen LogP contribution < -0.4 is 10.6 Å². The molecule has 0 bridgehead atoms. The Hall–Kier alpha value is -1.64. The zero-order valence-corrected chi connectivity index (χ0v) is 13.0. The van der Waals surface area contributed by atoms with Gasteiger partial charge < -0.3 is 10.6 Å². The third kappa shape index (κ3) is 5.25. The van der Waals surface area contributed by atoms with Gasteiger partial charge in [0.05, 0.1) is 24.5 Å². The molecule has 3 N–H and O–H groups in total. The second kappa shape index (κ2) is 8.46. The predicted octanol–water partition coefficient (Wildman–Crippen LogP) is 1.29. The minimum atomic E-state index is 0. The highest BCUT2D eigenvalue weighted by Gasteiger charge is 1.99. The molecular weight excluding hydrogens is 355 g/mol.